The number of halogens is 1. The molecule has 3 N–H and O–H groups in total. The van der Waals surface area contributed by atoms with Crippen molar-refractivity contribution in [2.45, 2.75) is 11.8 Å². The quantitative estimate of drug-likeness (QED) is 0.548. The molecule has 9 heteroatoms. The fraction of sp³-hybridized carbons (Fsp3) is 0.278. The monoisotopic (exact) mass is 413 g/mol. The van der Waals surface area contributed by atoms with Crippen molar-refractivity contribution in [3.8, 4) is 5.75 Å². The van der Waals surface area contributed by atoms with Crippen LogP contribution < -0.4 is 20.1 Å². The van der Waals surface area contributed by atoms with Gasteiger partial charge in [0.05, 0.1) is 23.3 Å². The van der Waals surface area contributed by atoms with Crippen LogP contribution in [0.4, 0.5) is 5.69 Å². The van der Waals surface area contributed by atoms with Crippen molar-refractivity contribution in [2.75, 3.05) is 31.5 Å². The normalized spacial score (nSPS) is 10.6. The summed E-state index contributed by atoms with van der Waals surface area (Å²) in [7, 11) is -2.31. The first-order valence-electron chi connectivity index (χ1n) is 8.22. The summed E-state index contributed by atoms with van der Waals surface area (Å²) >= 11 is 0. The highest BCUT2D eigenvalue weighted by Crippen LogP contribution is 2.21. The van der Waals surface area contributed by atoms with Gasteiger partial charge in [-0.25, -0.2) is 8.42 Å². The van der Waals surface area contributed by atoms with E-state index in [1.165, 1.54) is 19.2 Å². The third-order valence-electron chi connectivity index (χ3n) is 3.62. The Morgan fingerprint density at radius 2 is 1.70 bits per heavy atom. The second-order valence-electron chi connectivity index (χ2n) is 5.44. The number of nitrogens with one attached hydrogen (secondary N) is 3. The van der Waals surface area contributed by atoms with Crippen molar-refractivity contribution < 1.29 is 17.9 Å². The maximum atomic E-state index is 12.6. The van der Waals surface area contributed by atoms with E-state index < -0.39 is 10.0 Å². The van der Waals surface area contributed by atoms with Crippen LogP contribution in [0.2, 0.25) is 0 Å². The van der Waals surface area contributed by atoms with Crippen LogP contribution in [0.15, 0.2) is 53.4 Å². The van der Waals surface area contributed by atoms with Gasteiger partial charge >= 0.3 is 0 Å². The van der Waals surface area contributed by atoms with E-state index in [9.17, 15) is 13.2 Å². The number of likely N-dealkylation sites (N-methyl/N-ethyl adjacent to an activating group) is 1. The predicted molar refractivity (Wildman–Crippen MR) is 108 cm³/mol. The van der Waals surface area contributed by atoms with Gasteiger partial charge in [-0.3, -0.25) is 9.52 Å². The molecular weight excluding hydrogens is 390 g/mol. The molecular formula is C18H24ClN3O4S. The highest BCUT2D eigenvalue weighted by atomic mass is 35.5. The Hall–Kier alpha value is -2.29. The maximum Gasteiger partial charge on any atom is 0.261 e. The van der Waals surface area contributed by atoms with Crippen molar-refractivity contribution in [3.63, 3.8) is 0 Å². The molecule has 148 valence electrons. The molecule has 0 aliphatic rings. The predicted octanol–water partition coefficient (Wildman–Crippen LogP) is 2.26. The molecule has 0 heterocycles. The second kappa shape index (κ2) is 10.8. The van der Waals surface area contributed by atoms with Crippen LogP contribution in [0.25, 0.3) is 0 Å². The van der Waals surface area contributed by atoms with E-state index in [2.05, 4.69) is 15.4 Å². The van der Waals surface area contributed by atoms with Gasteiger partial charge in [0, 0.05) is 13.1 Å². The van der Waals surface area contributed by atoms with Crippen LogP contribution in [0.1, 0.15) is 17.3 Å². The molecule has 2 aromatic rings. The molecule has 27 heavy (non-hydrogen) atoms. The first-order valence-corrected chi connectivity index (χ1v) is 9.71. The molecule has 0 spiro atoms. The number of rotatable bonds is 9. The SMILES string of the molecule is CCNCCNC(=O)c1ccccc1NS(=O)(=O)c1ccc(OC)cc1.Cl. The fourth-order valence-electron chi connectivity index (χ4n) is 2.27. The molecule has 2 rings (SSSR count). The summed E-state index contributed by atoms with van der Waals surface area (Å²) in [4.78, 5) is 12.4. The van der Waals surface area contributed by atoms with Gasteiger partial charge in [-0.2, -0.15) is 0 Å². The highest BCUT2D eigenvalue weighted by Gasteiger charge is 2.18. The van der Waals surface area contributed by atoms with Crippen LogP contribution in [-0.4, -0.2) is 41.1 Å². The largest absolute Gasteiger partial charge is 0.497 e. The Labute approximate surface area is 166 Å². The number of ether oxygens (including phenoxy) is 1. The van der Waals surface area contributed by atoms with E-state index >= 15 is 0 Å². The zero-order valence-electron chi connectivity index (χ0n) is 15.2. The summed E-state index contributed by atoms with van der Waals surface area (Å²) in [6, 6.07) is 12.5. The number of hydrogen-bond acceptors (Lipinski definition) is 5. The van der Waals surface area contributed by atoms with Crippen molar-refractivity contribution in [1.82, 2.24) is 10.6 Å². The van der Waals surface area contributed by atoms with Gasteiger partial charge in [-0.15, -0.1) is 12.4 Å². The molecule has 0 atom stereocenters. The average molecular weight is 414 g/mol. The van der Waals surface area contributed by atoms with Gasteiger partial charge in [0.25, 0.3) is 15.9 Å². The summed E-state index contributed by atoms with van der Waals surface area (Å²) in [6.07, 6.45) is 0. The Bertz CT molecular complexity index is 842. The Morgan fingerprint density at radius 3 is 2.33 bits per heavy atom. The first-order chi connectivity index (χ1) is 12.5. The van der Waals surface area contributed by atoms with E-state index in [1.807, 2.05) is 6.92 Å². The molecule has 1 amide bonds. The van der Waals surface area contributed by atoms with Crippen LogP contribution in [0.3, 0.4) is 0 Å². The number of benzene rings is 2. The van der Waals surface area contributed by atoms with E-state index in [0.717, 1.165) is 6.54 Å². The van der Waals surface area contributed by atoms with Crippen molar-refractivity contribution in [2.24, 2.45) is 0 Å². The van der Waals surface area contributed by atoms with Crippen LogP contribution >= 0.6 is 12.4 Å². The third-order valence-corrected chi connectivity index (χ3v) is 5.00. The number of para-hydroxylation sites is 1. The minimum Gasteiger partial charge on any atom is -0.497 e. The summed E-state index contributed by atoms with van der Waals surface area (Å²) in [5.41, 5.74) is 0.491. The number of carbonyl (C=O) groups excluding carboxylic acids is 1. The molecule has 0 unspecified atom stereocenters. The molecule has 0 aliphatic carbocycles. The van der Waals surface area contributed by atoms with E-state index in [0.29, 0.717) is 18.8 Å². The number of hydrogen-bond donors (Lipinski definition) is 3. The van der Waals surface area contributed by atoms with Gasteiger partial charge in [-0.05, 0) is 42.9 Å². The number of carbonyl (C=O) groups is 1. The minimum absolute atomic E-state index is 0. The van der Waals surface area contributed by atoms with Gasteiger partial charge in [-0.1, -0.05) is 19.1 Å². The summed E-state index contributed by atoms with van der Waals surface area (Å²) in [5.74, 6) is 0.223. The number of sulfonamides is 1. The lowest BCUT2D eigenvalue weighted by molar-refractivity contribution is 0.0955. The number of methoxy groups -OCH3 is 1. The smallest absolute Gasteiger partial charge is 0.261 e. The molecule has 0 aromatic heterocycles. The van der Waals surface area contributed by atoms with Gasteiger partial charge in [0.1, 0.15) is 5.75 Å². The molecule has 0 fully saturated rings. The Morgan fingerprint density at radius 1 is 1.04 bits per heavy atom. The summed E-state index contributed by atoms with van der Waals surface area (Å²) < 4.78 is 32.7. The molecule has 0 aliphatic heterocycles. The fourth-order valence-corrected chi connectivity index (χ4v) is 3.34. The summed E-state index contributed by atoms with van der Waals surface area (Å²) in [6.45, 7) is 3.88. The first kappa shape index (κ1) is 22.8. The third kappa shape index (κ3) is 6.42. The van der Waals surface area contributed by atoms with Crippen molar-refractivity contribution >= 4 is 34.0 Å². The minimum atomic E-state index is -3.82. The average Bonchev–Trinajstić information content (AvgIpc) is 2.65. The Kier molecular flexibility index (Phi) is 9.07. The number of amides is 1. The number of anilines is 1. The molecule has 0 saturated carbocycles. The topological polar surface area (TPSA) is 96.5 Å². The van der Waals surface area contributed by atoms with Gasteiger partial charge in [0.2, 0.25) is 0 Å². The van der Waals surface area contributed by atoms with Crippen molar-refractivity contribution in [1.29, 1.82) is 0 Å². The van der Waals surface area contributed by atoms with E-state index in [1.54, 1.807) is 36.4 Å². The zero-order chi connectivity index (χ0) is 19.0. The van der Waals surface area contributed by atoms with E-state index in [4.69, 9.17) is 4.74 Å². The summed E-state index contributed by atoms with van der Waals surface area (Å²) in [5, 5.41) is 5.86. The molecule has 7 nitrogen and oxygen atoms in total. The van der Waals surface area contributed by atoms with Crippen LogP contribution in [0, 0.1) is 0 Å². The molecule has 0 radical (unpaired) electrons. The lowest BCUT2D eigenvalue weighted by Gasteiger charge is -2.13. The van der Waals surface area contributed by atoms with Crippen LogP contribution in [0.5, 0.6) is 5.75 Å². The highest BCUT2D eigenvalue weighted by molar-refractivity contribution is 7.92. The van der Waals surface area contributed by atoms with E-state index in [-0.39, 0.29) is 34.5 Å². The molecule has 0 bridgehead atoms. The van der Waals surface area contributed by atoms with Gasteiger partial charge in [0.15, 0.2) is 0 Å². The maximum absolute atomic E-state index is 12.6. The lowest BCUT2D eigenvalue weighted by atomic mass is 10.1. The standard InChI is InChI=1S/C18H23N3O4S.ClH/c1-3-19-12-13-20-18(22)16-6-4-5-7-17(16)21-26(23,24)15-10-8-14(25-2)9-11-15;/h4-11,19,21H,3,12-13H2,1-2H3,(H,20,22);1H. The lowest BCUT2D eigenvalue weighted by Crippen LogP contribution is -2.32. The Balaban J connectivity index is 0.00000364. The van der Waals surface area contributed by atoms with Crippen molar-refractivity contribution in [3.05, 3.63) is 54.1 Å². The zero-order valence-corrected chi connectivity index (χ0v) is 16.8. The van der Waals surface area contributed by atoms with Crippen LogP contribution in [-0.2, 0) is 10.0 Å². The van der Waals surface area contributed by atoms with Gasteiger partial charge < -0.3 is 15.4 Å². The molecule has 0 saturated heterocycles. The second-order valence-corrected chi connectivity index (χ2v) is 7.12. The molecule has 2 aromatic carbocycles.